The van der Waals surface area contributed by atoms with Crippen LogP contribution >= 0.6 is 0 Å². The maximum atomic E-state index is 5.90. The summed E-state index contributed by atoms with van der Waals surface area (Å²) < 4.78 is 0. The molecule has 3 saturated heterocycles. The third-order valence-corrected chi connectivity index (χ3v) is 4.73. The van der Waals surface area contributed by atoms with Crippen LogP contribution in [0, 0.1) is 0 Å². The maximum Gasteiger partial charge on any atom is 0.0627 e. The molecule has 110 valence electrons. The summed E-state index contributed by atoms with van der Waals surface area (Å²) in [6.07, 6.45) is 2.33. The molecule has 4 heteroatoms. The van der Waals surface area contributed by atoms with Crippen molar-refractivity contribution in [1.82, 2.24) is 15.2 Å². The molecule has 0 radical (unpaired) electrons. The summed E-state index contributed by atoms with van der Waals surface area (Å²) in [5, 5.41) is 0. The molecule has 4 rings (SSSR count). The van der Waals surface area contributed by atoms with Gasteiger partial charge in [-0.2, -0.15) is 0 Å². The lowest BCUT2D eigenvalue weighted by atomic mass is 9.93. The maximum absolute atomic E-state index is 5.90. The molecule has 2 unspecified atom stereocenters. The van der Waals surface area contributed by atoms with Crippen molar-refractivity contribution in [1.29, 1.82) is 0 Å². The summed E-state index contributed by atoms with van der Waals surface area (Å²) in [6, 6.07) is 9.66. The van der Waals surface area contributed by atoms with Crippen molar-refractivity contribution in [3.8, 4) is 0 Å². The Kier molecular flexibility index (Phi) is 4.36. The Labute approximate surface area is 121 Å². The highest BCUT2D eigenvalue weighted by Crippen LogP contribution is 2.27. The Morgan fingerprint density at radius 3 is 2.70 bits per heavy atom. The van der Waals surface area contributed by atoms with E-state index in [9.17, 15) is 0 Å². The minimum Gasteiger partial charge on any atom is -0.299 e. The first kappa shape index (κ1) is 14.0. The monoisotopic (exact) mass is 274 g/mol. The summed E-state index contributed by atoms with van der Waals surface area (Å²) in [4.78, 5) is 5.15. The number of benzene rings is 1. The van der Waals surface area contributed by atoms with Crippen molar-refractivity contribution in [2.45, 2.75) is 31.8 Å². The average Bonchev–Trinajstić information content (AvgIpc) is 2.50. The molecule has 1 aromatic carbocycles. The SMILES string of the molecule is CCCc1cccc(C(NN)C2CN3CCN2CC3)c1. The second-order valence-corrected chi connectivity index (χ2v) is 6.04. The number of rotatable bonds is 5. The van der Waals surface area contributed by atoms with Crippen molar-refractivity contribution in [3.63, 3.8) is 0 Å². The molecule has 0 saturated carbocycles. The van der Waals surface area contributed by atoms with Gasteiger partial charge in [0.15, 0.2) is 0 Å². The number of nitrogens with two attached hydrogens (primary N) is 1. The molecular weight excluding hydrogens is 248 g/mol. The van der Waals surface area contributed by atoms with E-state index in [4.69, 9.17) is 5.84 Å². The Morgan fingerprint density at radius 2 is 2.10 bits per heavy atom. The van der Waals surface area contributed by atoms with Gasteiger partial charge in [-0.3, -0.25) is 21.1 Å². The lowest BCUT2D eigenvalue weighted by Gasteiger charge is -2.50. The minimum atomic E-state index is 0.231. The van der Waals surface area contributed by atoms with Crippen LogP contribution in [0.2, 0.25) is 0 Å². The van der Waals surface area contributed by atoms with Crippen LogP contribution in [0.15, 0.2) is 24.3 Å². The van der Waals surface area contributed by atoms with Gasteiger partial charge in [-0.05, 0) is 17.5 Å². The zero-order chi connectivity index (χ0) is 13.9. The van der Waals surface area contributed by atoms with Gasteiger partial charge in [0.1, 0.15) is 0 Å². The highest BCUT2D eigenvalue weighted by Gasteiger charge is 2.36. The van der Waals surface area contributed by atoms with Crippen molar-refractivity contribution < 1.29 is 0 Å². The van der Waals surface area contributed by atoms with Crippen molar-refractivity contribution in [3.05, 3.63) is 35.4 Å². The van der Waals surface area contributed by atoms with Gasteiger partial charge in [0.05, 0.1) is 6.04 Å². The molecule has 3 heterocycles. The molecular formula is C16H26N4. The number of nitrogens with one attached hydrogen (secondary N) is 1. The van der Waals surface area contributed by atoms with E-state index in [2.05, 4.69) is 46.4 Å². The molecule has 3 N–H and O–H groups in total. The molecule has 1 aromatic rings. The second kappa shape index (κ2) is 6.22. The Balaban J connectivity index is 1.80. The Hall–Kier alpha value is -0.940. The smallest absolute Gasteiger partial charge is 0.0627 e. The average molecular weight is 274 g/mol. The van der Waals surface area contributed by atoms with Gasteiger partial charge < -0.3 is 0 Å². The first-order valence-electron chi connectivity index (χ1n) is 7.83. The zero-order valence-electron chi connectivity index (χ0n) is 12.4. The summed E-state index contributed by atoms with van der Waals surface area (Å²) >= 11 is 0. The van der Waals surface area contributed by atoms with Crippen LogP contribution in [0.3, 0.4) is 0 Å². The van der Waals surface area contributed by atoms with E-state index in [0.29, 0.717) is 6.04 Å². The van der Waals surface area contributed by atoms with Crippen LogP contribution in [0.5, 0.6) is 0 Å². The number of hydrogen-bond donors (Lipinski definition) is 2. The van der Waals surface area contributed by atoms with Gasteiger partial charge in [-0.15, -0.1) is 0 Å². The predicted octanol–water partition coefficient (Wildman–Crippen LogP) is 1.14. The lowest BCUT2D eigenvalue weighted by molar-refractivity contribution is -0.00370. The minimum absolute atomic E-state index is 0.231. The topological polar surface area (TPSA) is 44.5 Å². The van der Waals surface area contributed by atoms with E-state index in [-0.39, 0.29) is 6.04 Å². The zero-order valence-corrected chi connectivity index (χ0v) is 12.4. The van der Waals surface area contributed by atoms with E-state index >= 15 is 0 Å². The summed E-state index contributed by atoms with van der Waals surface area (Å²) in [5.41, 5.74) is 5.82. The molecule has 3 aliphatic rings. The fourth-order valence-electron chi connectivity index (χ4n) is 3.63. The van der Waals surface area contributed by atoms with E-state index < -0.39 is 0 Å². The van der Waals surface area contributed by atoms with E-state index in [1.54, 1.807) is 0 Å². The molecule has 3 fully saturated rings. The quantitative estimate of drug-likeness (QED) is 0.624. The molecule has 0 aromatic heterocycles. The highest BCUT2D eigenvalue weighted by molar-refractivity contribution is 5.27. The standard InChI is InChI=1S/C16H26N4/c1-2-4-13-5-3-6-14(11-13)16(18-17)15-12-19-7-9-20(15)10-8-19/h3,5-6,11,15-16,18H,2,4,7-10,12,17H2,1H3. The van der Waals surface area contributed by atoms with E-state index in [0.717, 1.165) is 13.0 Å². The van der Waals surface area contributed by atoms with Crippen molar-refractivity contribution >= 4 is 0 Å². The predicted molar refractivity (Wildman–Crippen MR) is 82.3 cm³/mol. The molecule has 2 atom stereocenters. The normalized spacial score (nSPS) is 30.4. The van der Waals surface area contributed by atoms with Crippen LogP contribution in [-0.4, -0.2) is 48.6 Å². The van der Waals surface area contributed by atoms with Gasteiger partial charge in [0.2, 0.25) is 0 Å². The summed E-state index contributed by atoms with van der Waals surface area (Å²) in [6.45, 7) is 8.14. The molecule has 0 spiro atoms. The van der Waals surface area contributed by atoms with Crippen molar-refractivity contribution in [2.75, 3.05) is 32.7 Å². The van der Waals surface area contributed by atoms with Gasteiger partial charge >= 0.3 is 0 Å². The number of hydrogen-bond acceptors (Lipinski definition) is 4. The van der Waals surface area contributed by atoms with Crippen LogP contribution in [0.1, 0.15) is 30.5 Å². The third-order valence-electron chi connectivity index (χ3n) is 4.73. The second-order valence-electron chi connectivity index (χ2n) is 6.04. The molecule has 4 nitrogen and oxygen atoms in total. The first-order chi connectivity index (χ1) is 9.81. The largest absolute Gasteiger partial charge is 0.299 e. The van der Waals surface area contributed by atoms with Crippen LogP contribution in [0.25, 0.3) is 0 Å². The summed E-state index contributed by atoms with van der Waals surface area (Å²) in [7, 11) is 0. The number of piperazine rings is 3. The van der Waals surface area contributed by atoms with Crippen LogP contribution < -0.4 is 11.3 Å². The Morgan fingerprint density at radius 1 is 1.30 bits per heavy atom. The molecule has 0 aliphatic carbocycles. The van der Waals surface area contributed by atoms with Gasteiger partial charge in [-0.1, -0.05) is 37.6 Å². The van der Waals surface area contributed by atoms with Crippen molar-refractivity contribution in [2.24, 2.45) is 5.84 Å². The Bertz CT molecular complexity index is 440. The summed E-state index contributed by atoms with van der Waals surface area (Å²) in [5.74, 6) is 5.90. The number of fused-ring (bicyclic) bond motifs is 3. The fourth-order valence-corrected chi connectivity index (χ4v) is 3.63. The molecule has 2 bridgehead atoms. The van der Waals surface area contributed by atoms with Crippen LogP contribution in [0.4, 0.5) is 0 Å². The van der Waals surface area contributed by atoms with Gasteiger partial charge in [0, 0.05) is 38.8 Å². The van der Waals surface area contributed by atoms with Crippen LogP contribution in [-0.2, 0) is 6.42 Å². The fraction of sp³-hybridized carbons (Fsp3) is 0.625. The molecule has 20 heavy (non-hydrogen) atoms. The van der Waals surface area contributed by atoms with Gasteiger partial charge in [-0.25, -0.2) is 0 Å². The van der Waals surface area contributed by atoms with E-state index in [1.165, 1.54) is 43.7 Å². The molecule has 0 amide bonds. The third kappa shape index (κ3) is 2.74. The lowest BCUT2D eigenvalue weighted by Crippen LogP contribution is -2.64. The number of aryl methyl sites for hydroxylation is 1. The highest BCUT2D eigenvalue weighted by atomic mass is 15.4. The van der Waals surface area contributed by atoms with Gasteiger partial charge in [0.25, 0.3) is 0 Å². The number of nitrogens with zero attached hydrogens (tertiary/aromatic N) is 2. The van der Waals surface area contributed by atoms with E-state index in [1.807, 2.05) is 0 Å². The first-order valence-corrected chi connectivity index (χ1v) is 7.83. The number of hydrazine groups is 1. The molecule has 3 aliphatic heterocycles.